The van der Waals surface area contributed by atoms with Crippen LogP contribution in [0.2, 0.25) is 0 Å². The lowest BCUT2D eigenvalue weighted by Gasteiger charge is -2.11. The quantitative estimate of drug-likeness (QED) is 0.680. The Morgan fingerprint density at radius 1 is 1.57 bits per heavy atom. The fourth-order valence-corrected chi connectivity index (χ4v) is 1.42. The minimum atomic E-state index is -0.181. The van der Waals surface area contributed by atoms with Gasteiger partial charge >= 0.3 is 0 Å². The van der Waals surface area contributed by atoms with Crippen LogP contribution in [-0.2, 0) is 0 Å². The number of hydrogen-bond donors (Lipinski definition) is 2. The summed E-state index contributed by atoms with van der Waals surface area (Å²) in [4.78, 5) is 22.5. The second-order valence-electron chi connectivity index (χ2n) is 3.34. The summed E-state index contributed by atoms with van der Waals surface area (Å²) in [5, 5.41) is 0. The number of fused-ring (bicyclic) bond motifs is 1. The number of hydrogen-bond acceptors (Lipinski definition) is 4. The maximum atomic E-state index is 11.8. The number of H-pyrrole nitrogens is 1. The van der Waals surface area contributed by atoms with Crippen LogP contribution in [0.4, 0.5) is 5.95 Å². The molecule has 2 rings (SSSR count). The van der Waals surface area contributed by atoms with Crippen molar-refractivity contribution in [3.05, 3.63) is 16.7 Å². The summed E-state index contributed by atoms with van der Waals surface area (Å²) in [6, 6.07) is -0.0114. The lowest BCUT2D eigenvalue weighted by Crippen LogP contribution is -2.26. The average Bonchev–Trinajstić information content (AvgIpc) is 2.50. The first-order chi connectivity index (χ1) is 6.61. The number of imidazole rings is 1. The van der Waals surface area contributed by atoms with Gasteiger partial charge in [0.1, 0.15) is 0 Å². The van der Waals surface area contributed by atoms with Crippen molar-refractivity contribution < 1.29 is 0 Å². The molecular weight excluding hydrogens is 182 g/mol. The Kier molecular flexibility index (Phi) is 1.77. The molecule has 0 aliphatic carbocycles. The molecule has 0 radical (unpaired) electrons. The van der Waals surface area contributed by atoms with E-state index < -0.39 is 0 Å². The van der Waals surface area contributed by atoms with Gasteiger partial charge in [0.25, 0.3) is 5.56 Å². The summed E-state index contributed by atoms with van der Waals surface area (Å²) in [6.07, 6.45) is 1.43. The van der Waals surface area contributed by atoms with E-state index in [2.05, 4.69) is 15.0 Å². The second kappa shape index (κ2) is 2.83. The first-order valence-electron chi connectivity index (χ1n) is 4.32. The van der Waals surface area contributed by atoms with Gasteiger partial charge in [0, 0.05) is 6.04 Å². The van der Waals surface area contributed by atoms with Crippen molar-refractivity contribution in [3.8, 4) is 0 Å². The Bertz CT molecular complexity index is 524. The molecule has 0 fully saturated rings. The highest BCUT2D eigenvalue weighted by molar-refractivity contribution is 5.69. The third-order valence-corrected chi connectivity index (χ3v) is 2.04. The molecule has 0 unspecified atom stereocenters. The summed E-state index contributed by atoms with van der Waals surface area (Å²) >= 11 is 0. The van der Waals surface area contributed by atoms with E-state index in [0.29, 0.717) is 11.2 Å². The molecule has 74 valence electrons. The largest absolute Gasteiger partial charge is 0.369 e. The van der Waals surface area contributed by atoms with E-state index in [1.165, 1.54) is 10.9 Å². The number of aromatic amines is 1. The third kappa shape index (κ3) is 1.07. The van der Waals surface area contributed by atoms with Crippen molar-refractivity contribution in [2.45, 2.75) is 19.9 Å². The van der Waals surface area contributed by atoms with Gasteiger partial charge in [0.15, 0.2) is 11.2 Å². The summed E-state index contributed by atoms with van der Waals surface area (Å²) in [5.74, 6) is 0.199. The Morgan fingerprint density at radius 2 is 2.29 bits per heavy atom. The average molecular weight is 193 g/mol. The molecule has 0 amide bonds. The van der Waals surface area contributed by atoms with Gasteiger partial charge in [-0.3, -0.25) is 9.36 Å². The van der Waals surface area contributed by atoms with Crippen LogP contribution in [0, 0.1) is 0 Å². The Morgan fingerprint density at radius 3 is 2.93 bits per heavy atom. The van der Waals surface area contributed by atoms with Crippen molar-refractivity contribution in [3.63, 3.8) is 0 Å². The van der Waals surface area contributed by atoms with Gasteiger partial charge in [0.2, 0.25) is 5.95 Å². The summed E-state index contributed by atoms with van der Waals surface area (Å²) in [5.41, 5.74) is 6.23. The third-order valence-electron chi connectivity index (χ3n) is 2.04. The highest BCUT2D eigenvalue weighted by Crippen LogP contribution is 2.09. The van der Waals surface area contributed by atoms with E-state index in [1.54, 1.807) is 0 Å². The zero-order valence-corrected chi connectivity index (χ0v) is 7.98. The topological polar surface area (TPSA) is 89.6 Å². The predicted molar refractivity (Wildman–Crippen MR) is 52.9 cm³/mol. The fourth-order valence-electron chi connectivity index (χ4n) is 1.42. The molecular formula is C8H11N5O. The number of anilines is 1. The van der Waals surface area contributed by atoms with E-state index in [0.717, 1.165) is 0 Å². The molecule has 0 saturated heterocycles. The summed E-state index contributed by atoms with van der Waals surface area (Å²) in [6.45, 7) is 3.75. The first-order valence-corrected chi connectivity index (χ1v) is 4.32. The van der Waals surface area contributed by atoms with Gasteiger partial charge in [-0.05, 0) is 13.8 Å². The second-order valence-corrected chi connectivity index (χ2v) is 3.34. The van der Waals surface area contributed by atoms with Crippen LogP contribution in [0.15, 0.2) is 11.1 Å². The fraction of sp³-hybridized carbons (Fsp3) is 0.375. The molecule has 14 heavy (non-hydrogen) atoms. The van der Waals surface area contributed by atoms with Crippen LogP contribution in [0.3, 0.4) is 0 Å². The number of aromatic nitrogens is 4. The van der Waals surface area contributed by atoms with E-state index in [1.807, 2.05) is 13.8 Å². The van der Waals surface area contributed by atoms with Gasteiger partial charge in [0.05, 0.1) is 6.33 Å². The van der Waals surface area contributed by atoms with Crippen LogP contribution in [0.25, 0.3) is 11.2 Å². The molecule has 0 atom stereocenters. The predicted octanol–water partition coefficient (Wildman–Crippen LogP) is 0.283. The summed E-state index contributed by atoms with van der Waals surface area (Å²) in [7, 11) is 0. The maximum absolute atomic E-state index is 11.8. The zero-order chi connectivity index (χ0) is 10.3. The number of nitrogens with zero attached hydrogens (tertiary/aromatic N) is 3. The number of nitrogen functional groups attached to an aromatic ring is 1. The smallest absolute Gasteiger partial charge is 0.281 e. The lowest BCUT2D eigenvalue weighted by atomic mass is 10.4. The van der Waals surface area contributed by atoms with E-state index in [4.69, 9.17) is 5.73 Å². The van der Waals surface area contributed by atoms with Crippen LogP contribution < -0.4 is 11.3 Å². The Labute approximate surface area is 79.8 Å². The van der Waals surface area contributed by atoms with Crippen molar-refractivity contribution >= 4 is 17.1 Å². The van der Waals surface area contributed by atoms with Gasteiger partial charge in [-0.25, -0.2) is 4.98 Å². The molecule has 2 aromatic rings. The van der Waals surface area contributed by atoms with Crippen LogP contribution in [0.5, 0.6) is 0 Å². The normalized spacial score (nSPS) is 11.4. The zero-order valence-electron chi connectivity index (χ0n) is 7.98. The number of nitrogens with one attached hydrogen (secondary N) is 1. The molecule has 0 bridgehead atoms. The monoisotopic (exact) mass is 193 g/mol. The summed E-state index contributed by atoms with van der Waals surface area (Å²) < 4.78 is 1.43. The molecule has 0 saturated carbocycles. The van der Waals surface area contributed by atoms with Crippen molar-refractivity contribution in [1.82, 2.24) is 19.5 Å². The molecule has 0 aromatic carbocycles. The maximum Gasteiger partial charge on any atom is 0.281 e. The first kappa shape index (κ1) is 8.74. The van der Waals surface area contributed by atoms with Crippen molar-refractivity contribution in [2.24, 2.45) is 0 Å². The van der Waals surface area contributed by atoms with Gasteiger partial charge in [-0.1, -0.05) is 0 Å². The van der Waals surface area contributed by atoms with Crippen LogP contribution in [-0.4, -0.2) is 19.5 Å². The van der Waals surface area contributed by atoms with Crippen LogP contribution >= 0.6 is 0 Å². The molecule has 2 aromatic heterocycles. The molecule has 6 nitrogen and oxygen atoms in total. The van der Waals surface area contributed by atoms with E-state index in [-0.39, 0.29) is 17.5 Å². The Hall–Kier alpha value is -1.85. The molecule has 6 heteroatoms. The minimum Gasteiger partial charge on any atom is -0.369 e. The standard InChI is InChI=1S/C8H11N5O/c1-4(2)13-7(14)5-6(11-3-10-5)12-8(13)9/h3-4H,1-2H3,(H2,9,12)(H,10,11). The molecule has 0 spiro atoms. The molecule has 3 N–H and O–H groups in total. The highest BCUT2D eigenvalue weighted by Gasteiger charge is 2.12. The number of rotatable bonds is 1. The van der Waals surface area contributed by atoms with E-state index in [9.17, 15) is 4.79 Å². The van der Waals surface area contributed by atoms with Crippen molar-refractivity contribution in [1.29, 1.82) is 0 Å². The van der Waals surface area contributed by atoms with Gasteiger partial charge < -0.3 is 10.7 Å². The Balaban J connectivity index is 2.90. The molecule has 2 heterocycles. The van der Waals surface area contributed by atoms with Crippen LogP contribution in [0.1, 0.15) is 19.9 Å². The number of nitrogens with two attached hydrogens (primary N) is 1. The minimum absolute atomic E-state index is 0.0114. The van der Waals surface area contributed by atoms with Gasteiger partial charge in [-0.15, -0.1) is 0 Å². The SMILES string of the molecule is CC(C)n1c(N)nc2nc[nH]c2c1=O. The highest BCUT2D eigenvalue weighted by atomic mass is 16.1. The van der Waals surface area contributed by atoms with Gasteiger partial charge in [-0.2, -0.15) is 4.98 Å². The lowest BCUT2D eigenvalue weighted by molar-refractivity contribution is 0.583. The molecule has 0 aliphatic rings. The van der Waals surface area contributed by atoms with Crippen molar-refractivity contribution in [2.75, 3.05) is 5.73 Å². The van der Waals surface area contributed by atoms with E-state index >= 15 is 0 Å². The molecule has 0 aliphatic heterocycles.